The first-order valence-electron chi connectivity index (χ1n) is 8.86. The average Bonchev–Trinajstić information content (AvgIpc) is 2.67. The molecular formula is C20H25F2IN4O2. The van der Waals surface area contributed by atoms with Crippen molar-refractivity contribution in [3.8, 4) is 5.75 Å². The predicted molar refractivity (Wildman–Crippen MR) is 121 cm³/mol. The summed E-state index contributed by atoms with van der Waals surface area (Å²) in [4.78, 5) is 18.3. The van der Waals surface area contributed by atoms with Gasteiger partial charge < -0.3 is 20.3 Å². The lowest BCUT2D eigenvalue weighted by Gasteiger charge is -2.22. The van der Waals surface area contributed by atoms with Gasteiger partial charge in [-0.25, -0.2) is 4.99 Å². The van der Waals surface area contributed by atoms with Crippen LogP contribution in [0.2, 0.25) is 0 Å². The number of amides is 1. The Balaban J connectivity index is 0.00000420. The number of anilines is 1. The number of carbonyl (C=O) groups excluding carboxylic acids is 1. The van der Waals surface area contributed by atoms with Crippen LogP contribution in [0, 0.1) is 0 Å². The van der Waals surface area contributed by atoms with Crippen LogP contribution < -0.4 is 15.4 Å². The molecule has 29 heavy (non-hydrogen) atoms. The quantitative estimate of drug-likeness (QED) is 0.316. The Labute approximate surface area is 186 Å². The lowest BCUT2D eigenvalue weighted by atomic mass is 10.2. The van der Waals surface area contributed by atoms with Crippen LogP contribution in [-0.4, -0.2) is 43.5 Å². The van der Waals surface area contributed by atoms with Crippen molar-refractivity contribution in [2.24, 2.45) is 4.99 Å². The Morgan fingerprint density at radius 1 is 1.14 bits per heavy atom. The first-order valence-corrected chi connectivity index (χ1v) is 8.86. The van der Waals surface area contributed by atoms with Crippen LogP contribution >= 0.6 is 24.0 Å². The predicted octanol–water partition coefficient (Wildman–Crippen LogP) is 3.94. The Bertz CT molecular complexity index is 774. The van der Waals surface area contributed by atoms with Crippen molar-refractivity contribution in [3.63, 3.8) is 0 Å². The molecule has 2 rings (SSSR count). The normalized spacial score (nSPS) is 10.9. The molecule has 0 aliphatic heterocycles. The average molecular weight is 518 g/mol. The number of ether oxygens (including phenoxy) is 1. The molecule has 158 valence electrons. The van der Waals surface area contributed by atoms with Crippen LogP contribution in [0.15, 0.2) is 59.6 Å². The molecule has 0 fully saturated rings. The van der Waals surface area contributed by atoms with E-state index in [1.165, 1.54) is 12.1 Å². The van der Waals surface area contributed by atoms with Crippen LogP contribution in [0.1, 0.15) is 12.5 Å². The van der Waals surface area contributed by atoms with Crippen LogP contribution in [-0.2, 0) is 11.3 Å². The van der Waals surface area contributed by atoms with Crippen molar-refractivity contribution in [1.82, 2.24) is 10.2 Å². The Hall–Kier alpha value is -2.43. The van der Waals surface area contributed by atoms with Crippen molar-refractivity contribution < 1.29 is 18.3 Å². The van der Waals surface area contributed by atoms with Gasteiger partial charge in [0.15, 0.2) is 5.96 Å². The monoisotopic (exact) mass is 518 g/mol. The first-order chi connectivity index (χ1) is 13.5. The van der Waals surface area contributed by atoms with E-state index in [-0.39, 0.29) is 42.2 Å². The summed E-state index contributed by atoms with van der Waals surface area (Å²) in [5.74, 6) is 0.460. The molecule has 0 bridgehead atoms. The van der Waals surface area contributed by atoms with Gasteiger partial charge in [0, 0.05) is 25.8 Å². The number of nitrogens with zero attached hydrogens (tertiary/aromatic N) is 2. The van der Waals surface area contributed by atoms with E-state index in [0.29, 0.717) is 24.7 Å². The van der Waals surface area contributed by atoms with E-state index in [2.05, 4.69) is 20.4 Å². The molecule has 0 aliphatic carbocycles. The van der Waals surface area contributed by atoms with Crippen molar-refractivity contribution in [2.45, 2.75) is 20.1 Å². The summed E-state index contributed by atoms with van der Waals surface area (Å²) in [6.07, 6.45) is 0. The Morgan fingerprint density at radius 3 is 2.38 bits per heavy atom. The number of carbonyl (C=O) groups is 1. The highest BCUT2D eigenvalue weighted by Crippen LogP contribution is 2.15. The second-order valence-electron chi connectivity index (χ2n) is 5.96. The molecule has 1 amide bonds. The molecule has 6 nitrogen and oxygen atoms in total. The Morgan fingerprint density at radius 2 is 1.79 bits per heavy atom. The number of rotatable bonds is 8. The number of alkyl halides is 2. The molecular weight excluding hydrogens is 493 g/mol. The molecule has 2 N–H and O–H groups in total. The van der Waals surface area contributed by atoms with E-state index in [4.69, 9.17) is 0 Å². The largest absolute Gasteiger partial charge is 0.435 e. The third-order valence-corrected chi connectivity index (χ3v) is 3.69. The van der Waals surface area contributed by atoms with E-state index < -0.39 is 6.61 Å². The number of guanidine groups is 1. The van der Waals surface area contributed by atoms with Crippen LogP contribution in [0.3, 0.4) is 0 Å². The number of hydrogen-bond acceptors (Lipinski definition) is 3. The van der Waals surface area contributed by atoms with Gasteiger partial charge in [0.2, 0.25) is 5.91 Å². The molecule has 0 saturated carbocycles. The molecule has 0 heterocycles. The summed E-state index contributed by atoms with van der Waals surface area (Å²) in [7, 11) is 1.83. The number of aliphatic imine (C=N–C) groups is 1. The lowest BCUT2D eigenvalue weighted by molar-refractivity contribution is -0.114. The summed E-state index contributed by atoms with van der Waals surface area (Å²) in [5.41, 5.74) is 1.61. The minimum Gasteiger partial charge on any atom is -0.435 e. The zero-order valence-electron chi connectivity index (χ0n) is 16.3. The molecule has 0 radical (unpaired) electrons. The van der Waals surface area contributed by atoms with E-state index in [1.807, 2.05) is 37.1 Å². The maximum atomic E-state index is 12.2. The zero-order valence-corrected chi connectivity index (χ0v) is 18.6. The summed E-state index contributed by atoms with van der Waals surface area (Å²) in [6.45, 7) is 0.196. The van der Waals surface area contributed by atoms with Gasteiger partial charge in [-0.3, -0.25) is 4.79 Å². The Kier molecular flexibility index (Phi) is 11.0. The van der Waals surface area contributed by atoms with Crippen molar-refractivity contribution in [1.29, 1.82) is 0 Å². The van der Waals surface area contributed by atoms with Crippen molar-refractivity contribution in [2.75, 3.05) is 25.5 Å². The summed E-state index contributed by atoms with van der Waals surface area (Å²) in [6, 6.07) is 15.6. The van der Waals surface area contributed by atoms with Gasteiger partial charge in [-0.1, -0.05) is 30.3 Å². The van der Waals surface area contributed by atoms with Gasteiger partial charge in [-0.2, -0.15) is 8.78 Å². The van der Waals surface area contributed by atoms with Gasteiger partial charge in [-0.15, -0.1) is 24.0 Å². The summed E-state index contributed by atoms with van der Waals surface area (Å²) in [5, 5.41) is 5.91. The topological polar surface area (TPSA) is 66.0 Å². The van der Waals surface area contributed by atoms with Gasteiger partial charge in [0.05, 0.1) is 0 Å². The zero-order chi connectivity index (χ0) is 20.4. The number of para-hydroxylation sites is 1. The maximum Gasteiger partial charge on any atom is 0.387 e. The van der Waals surface area contributed by atoms with E-state index in [9.17, 15) is 13.6 Å². The number of benzene rings is 2. The SMILES string of the molecule is CCNC(=NCC(=O)Nc1ccccc1)N(C)Cc1ccc(OC(F)F)cc1.I. The fourth-order valence-electron chi connectivity index (χ4n) is 2.46. The molecule has 0 unspecified atom stereocenters. The van der Waals surface area contributed by atoms with Gasteiger partial charge in [-0.05, 0) is 36.8 Å². The van der Waals surface area contributed by atoms with Crippen molar-refractivity contribution >= 4 is 41.5 Å². The number of halogens is 3. The van der Waals surface area contributed by atoms with Crippen LogP contribution in [0.25, 0.3) is 0 Å². The highest BCUT2D eigenvalue weighted by molar-refractivity contribution is 14.0. The van der Waals surface area contributed by atoms with E-state index in [1.54, 1.807) is 24.3 Å². The minimum atomic E-state index is -2.84. The number of nitrogens with one attached hydrogen (secondary N) is 2. The second-order valence-corrected chi connectivity index (χ2v) is 5.96. The molecule has 0 aliphatic rings. The number of hydrogen-bond donors (Lipinski definition) is 2. The molecule has 0 saturated heterocycles. The standard InChI is InChI=1S/C20H24F2N4O2.HI/c1-3-23-20(24-13-18(27)25-16-7-5-4-6-8-16)26(2)14-15-9-11-17(12-10-15)28-19(21)22;/h4-12,19H,3,13-14H2,1-2H3,(H,23,24)(H,25,27);1H. The van der Waals surface area contributed by atoms with E-state index in [0.717, 1.165) is 5.56 Å². The third kappa shape index (κ3) is 9.07. The van der Waals surface area contributed by atoms with Crippen LogP contribution in [0.5, 0.6) is 5.75 Å². The van der Waals surface area contributed by atoms with E-state index >= 15 is 0 Å². The smallest absolute Gasteiger partial charge is 0.387 e. The molecule has 2 aromatic rings. The van der Waals surface area contributed by atoms with Gasteiger partial charge in [0.25, 0.3) is 0 Å². The van der Waals surface area contributed by atoms with Gasteiger partial charge >= 0.3 is 6.61 Å². The fourth-order valence-corrected chi connectivity index (χ4v) is 2.46. The van der Waals surface area contributed by atoms with Crippen LogP contribution in [0.4, 0.5) is 14.5 Å². The van der Waals surface area contributed by atoms with Gasteiger partial charge in [0.1, 0.15) is 12.3 Å². The summed E-state index contributed by atoms with van der Waals surface area (Å²) >= 11 is 0. The first kappa shape index (κ1) is 24.6. The summed E-state index contributed by atoms with van der Waals surface area (Å²) < 4.78 is 28.8. The lowest BCUT2D eigenvalue weighted by Crippen LogP contribution is -2.39. The highest BCUT2D eigenvalue weighted by Gasteiger charge is 2.09. The second kappa shape index (κ2) is 12.9. The van der Waals surface area contributed by atoms with Crippen molar-refractivity contribution in [3.05, 3.63) is 60.2 Å². The molecule has 0 spiro atoms. The third-order valence-electron chi connectivity index (χ3n) is 3.69. The molecule has 0 atom stereocenters. The highest BCUT2D eigenvalue weighted by atomic mass is 127. The minimum absolute atomic E-state index is 0. The maximum absolute atomic E-state index is 12.2. The molecule has 0 aromatic heterocycles. The molecule has 9 heteroatoms. The fraction of sp³-hybridized carbons (Fsp3) is 0.300. The molecule has 2 aromatic carbocycles.